The van der Waals surface area contributed by atoms with E-state index in [1.54, 1.807) is 19.1 Å². The predicted molar refractivity (Wildman–Crippen MR) is 80.7 cm³/mol. The maximum atomic E-state index is 12.1. The smallest absolute Gasteiger partial charge is 0.253 e. The molecule has 2 unspecified atom stereocenters. The van der Waals surface area contributed by atoms with E-state index < -0.39 is 6.10 Å². The second-order valence-corrected chi connectivity index (χ2v) is 4.76. The van der Waals surface area contributed by atoms with Crippen LogP contribution in [0.25, 0.3) is 0 Å². The van der Waals surface area contributed by atoms with Crippen LogP contribution in [0.3, 0.4) is 0 Å². The Morgan fingerprint density at radius 1 is 1.40 bits per heavy atom. The van der Waals surface area contributed by atoms with Crippen LogP contribution < -0.4 is 11.1 Å². The number of hydrogen-bond donors (Lipinski definition) is 2. The summed E-state index contributed by atoms with van der Waals surface area (Å²) in [6, 6.07) is 5.43. The maximum absolute atomic E-state index is 12.1. The van der Waals surface area contributed by atoms with Gasteiger partial charge in [0, 0.05) is 18.0 Å². The van der Waals surface area contributed by atoms with Gasteiger partial charge in [0.25, 0.3) is 5.91 Å². The lowest BCUT2D eigenvalue weighted by Crippen LogP contribution is -2.32. The summed E-state index contributed by atoms with van der Waals surface area (Å²) in [5.41, 5.74) is 8.03. The second-order valence-electron chi connectivity index (χ2n) is 4.76. The first kappa shape index (κ1) is 16.5. The van der Waals surface area contributed by atoms with Crippen molar-refractivity contribution in [3.05, 3.63) is 23.8 Å². The highest BCUT2D eigenvalue weighted by molar-refractivity contribution is 5.95. The zero-order chi connectivity index (χ0) is 15.1. The van der Waals surface area contributed by atoms with Crippen molar-refractivity contribution in [3.8, 4) is 0 Å². The van der Waals surface area contributed by atoms with E-state index in [0.717, 1.165) is 5.56 Å². The van der Waals surface area contributed by atoms with E-state index in [2.05, 4.69) is 5.32 Å². The summed E-state index contributed by atoms with van der Waals surface area (Å²) in [7, 11) is 0. The first-order chi connectivity index (χ1) is 9.45. The summed E-state index contributed by atoms with van der Waals surface area (Å²) in [5, 5.41) is 2.83. The number of nitrogen functional groups attached to an aromatic ring is 1. The van der Waals surface area contributed by atoms with E-state index in [1.165, 1.54) is 0 Å². The lowest BCUT2D eigenvalue weighted by atomic mass is 10.1. The first-order valence-corrected chi connectivity index (χ1v) is 6.84. The highest BCUT2D eigenvalue weighted by Gasteiger charge is 2.17. The van der Waals surface area contributed by atoms with Crippen molar-refractivity contribution in [2.75, 3.05) is 24.3 Å². The molecule has 0 heterocycles. The van der Waals surface area contributed by atoms with Gasteiger partial charge in [-0.1, -0.05) is 6.07 Å². The van der Waals surface area contributed by atoms with Crippen molar-refractivity contribution in [2.24, 2.45) is 0 Å². The number of ether oxygens (including phenoxy) is 2. The maximum Gasteiger partial charge on any atom is 0.253 e. The summed E-state index contributed by atoms with van der Waals surface area (Å²) >= 11 is 0. The van der Waals surface area contributed by atoms with Crippen molar-refractivity contribution in [3.63, 3.8) is 0 Å². The summed E-state index contributed by atoms with van der Waals surface area (Å²) in [5.74, 6) is -0.193. The van der Waals surface area contributed by atoms with E-state index in [9.17, 15) is 4.79 Å². The molecule has 0 aliphatic carbocycles. The van der Waals surface area contributed by atoms with E-state index in [0.29, 0.717) is 24.6 Å². The molecule has 0 spiro atoms. The molecule has 0 fully saturated rings. The van der Waals surface area contributed by atoms with E-state index in [1.807, 2.05) is 26.8 Å². The minimum Gasteiger partial charge on any atom is -0.398 e. The number of nitrogens with two attached hydrogens (primary N) is 1. The Morgan fingerprint density at radius 3 is 2.75 bits per heavy atom. The van der Waals surface area contributed by atoms with Crippen molar-refractivity contribution in [1.82, 2.24) is 0 Å². The monoisotopic (exact) mass is 280 g/mol. The van der Waals surface area contributed by atoms with Crippen LogP contribution in [-0.2, 0) is 14.3 Å². The van der Waals surface area contributed by atoms with Crippen LogP contribution >= 0.6 is 0 Å². The van der Waals surface area contributed by atoms with Gasteiger partial charge in [-0.25, -0.2) is 0 Å². The van der Waals surface area contributed by atoms with Crippen LogP contribution in [0, 0.1) is 6.92 Å². The third kappa shape index (κ3) is 4.83. The number of benzene rings is 1. The Hall–Kier alpha value is -1.59. The summed E-state index contributed by atoms with van der Waals surface area (Å²) in [6.45, 7) is 8.51. The molecule has 1 aromatic carbocycles. The molecule has 1 aromatic rings. The van der Waals surface area contributed by atoms with Crippen LogP contribution in [-0.4, -0.2) is 31.3 Å². The molecule has 0 saturated carbocycles. The second kappa shape index (κ2) is 7.87. The molecule has 1 rings (SSSR count). The lowest BCUT2D eigenvalue weighted by molar-refractivity contribution is -0.131. The Labute approximate surface area is 120 Å². The fraction of sp³-hybridized carbons (Fsp3) is 0.533. The quantitative estimate of drug-likeness (QED) is 0.752. The highest BCUT2D eigenvalue weighted by Crippen LogP contribution is 2.20. The molecule has 0 aliphatic rings. The van der Waals surface area contributed by atoms with Gasteiger partial charge in [0.05, 0.1) is 12.7 Å². The van der Waals surface area contributed by atoms with Gasteiger partial charge in [0.15, 0.2) is 0 Å². The molecule has 3 N–H and O–H groups in total. The molecule has 0 radical (unpaired) electrons. The van der Waals surface area contributed by atoms with Gasteiger partial charge in [-0.05, 0) is 45.4 Å². The SMILES string of the molecule is CCOCC(C)OC(C)C(=O)Nc1cccc(N)c1C. The Kier molecular flexibility index (Phi) is 6.48. The Balaban J connectivity index is 2.55. The number of rotatable bonds is 7. The number of nitrogens with one attached hydrogen (secondary N) is 1. The van der Waals surface area contributed by atoms with Crippen molar-refractivity contribution < 1.29 is 14.3 Å². The topological polar surface area (TPSA) is 73.6 Å². The summed E-state index contributed by atoms with van der Waals surface area (Å²) in [6.07, 6.45) is -0.677. The minimum absolute atomic E-state index is 0.127. The van der Waals surface area contributed by atoms with Crippen LogP contribution in [0.1, 0.15) is 26.3 Å². The average molecular weight is 280 g/mol. The van der Waals surface area contributed by atoms with E-state index >= 15 is 0 Å². The standard InChI is InChI=1S/C15H24N2O3/c1-5-19-9-10(2)20-12(4)15(18)17-14-8-6-7-13(16)11(14)3/h6-8,10,12H,5,9,16H2,1-4H3,(H,17,18). The number of amides is 1. The van der Waals surface area contributed by atoms with Gasteiger partial charge in [0.1, 0.15) is 6.10 Å². The summed E-state index contributed by atoms with van der Waals surface area (Å²) in [4.78, 5) is 12.1. The van der Waals surface area contributed by atoms with Crippen LogP contribution in [0.4, 0.5) is 11.4 Å². The molecule has 1 amide bonds. The largest absolute Gasteiger partial charge is 0.398 e. The first-order valence-electron chi connectivity index (χ1n) is 6.84. The molecule has 0 saturated heterocycles. The van der Waals surface area contributed by atoms with E-state index in [-0.39, 0.29) is 12.0 Å². The van der Waals surface area contributed by atoms with Gasteiger partial charge in [-0.3, -0.25) is 4.79 Å². The molecule has 2 atom stereocenters. The number of carbonyl (C=O) groups is 1. The van der Waals surface area contributed by atoms with Gasteiger partial charge in [-0.2, -0.15) is 0 Å². The van der Waals surface area contributed by atoms with Crippen LogP contribution in [0.5, 0.6) is 0 Å². The number of carbonyl (C=O) groups excluding carboxylic acids is 1. The van der Waals surface area contributed by atoms with Gasteiger partial charge in [0.2, 0.25) is 0 Å². The molecule has 0 aliphatic heterocycles. The van der Waals surface area contributed by atoms with Gasteiger partial charge >= 0.3 is 0 Å². The van der Waals surface area contributed by atoms with Gasteiger partial charge < -0.3 is 20.5 Å². The third-order valence-corrected chi connectivity index (χ3v) is 3.00. The Bertz CT molecular complexity index is 449. The van der Waals surface area contributed by atoms with Gasteiger partial charge in [-0.15, -0.1) is 0 Å². The molecular formula is C15H24N2O3. The molecule has 5 heteroatoms. The molecule has 0 aromatic heterocycles. The molecular weight excluding hydrogens is 256 g/mol. The zero-order valence-electron chi connectivity index (χ0n) is 12.6. The fourth-order valence-electron chi connectivity index (χ4n) is 1.76. The molecule has 20 heavy (non-hydrogen) atoms. The number of anilines is 2. The predicted octanol–water partition coefficient (Wildman–Crippen LogP) is 2.35. The zero-order valence-corrected chi connectivity index (χ0v) is 12.6. The third-order valence-electron chi connectivity index (χ3n) is 3.00. The average Bonchev–Trinajstić information content (AvgIpc) is 2.41. The normalized spacial score (nSPS) is 13.8. The van der Waals surface area contributed by atoms with Crippen molar-refractivity contribution >= 4 is 17.3 Å². The fourth-order valence-corrected chi connectivity index (χ4v) is 1.76. The number of hydrogen-bond acceptors (Lipinski definition) is 4. The van der Waals surface area contributed by atoms with Crippen molar-refractivity contribution in [2.45, 2.75) is 39.9 Å². The highest BCUT2D eigenvalue weighted by atomic mass is 16.5. The Morgan fingerprint density at radius 2 is 2.10 bits per heavy atom. The minimum atomic E-state index is -0.550. The van der Waals surface area contributed by atoms with E-state index in [4.69, 9.17) is 15.2 Å². The lowest BCUT2D eigenvalue weighted by Gasteiger charge is -2.19. The van der Waals surface area contributed by atoms with Crippen molar-refractivity contribution in [1.29, 1.82) is 0 Å². The van der Waals surface area contributed by atoms with Crippen LogP contribution in [0.2, 0.25) is 0 Å². The summed E-state index contributed by atoms with van der Waals surface area (Å²) < 4.78 is 10.8. The molecule has 112 valence electrons. The van der Waals surface area contributed by atoms with Crippen LogP contribution in [0.15, 0.2) is 18.2 Å². The molecule has 5 nitrogen and oxygen atoms in total. The molecule has 0 bridgehead atoms.